The molecule has 0 saturated carbocycles. The van der Waals surface area contributed by atoms with Gasteiger partial charge in [0.15, 0.2) is 6.04 Å². The Morgan fingerprint density at radius 1 is 1.31 bits per heavy atom. The topological polar surface area (TPSA) is 91.0 Å². The molecule has 3 N–H and O–H groups in total. The van der Waals surface area contributed by atoms with E-state index in [2.05, 4.69) is 20.1 Å². The molecule has 8 heteroatoms. The van der Waals surface area contributed by atoms with Crippen LogP contribution in [0.4, 0.5) is 4.39 Å². The number of halogens is 1. The maximum Gasteiger partial charge on any atom is 0.244 e. The standard InChI is InChI=1S/C14H17FN4O.C7H15NO/c1-18-5-6-19-11(8-18)12(13(16)20)17-14(19)9-3-2-4-10(15)7-9;1-7(2,3)5-6(9)8-4/h2-4,7,11-12H,5-6,8H2,1H3,(H2,16,20);5H2,1-4H3,(H,8,9). The van der Waals surface area contributed by atoms with Crippen LogP contribution in [0.5, 0.6) is 0 Å². The third-order valence-corrected chi connectivity index (χ3v) is 4.86. The van der Waals surface area contributed by atoms with E-state index in [4.69, 9.17) is 5.73 Å². The average molecular weight is 406 g/mol. The van der Waals surface area contributed by atoms with E-state index in [-0.39, 0.29) is 23.2 Å². The summed E-state index contributed by atoms with van der Waals surface area (Å²) in [4.78, 5) is 31.0. The lowest BCUT2D eigenvalue weighted by Crippen LogP contribution is -2.56. The second-order valence-electron chi connectivity index (χ2n) is 8.74. The van der Waals surface area contributed by atoms with Gasteiger partial charge in [0.1, 0.15) is 11.7 Å². The summed E-state index contributed by atoms with van der Waals surface area (Å²) in [7, 11) is 3.67. The molecule has 7 nitrogen and oxygen atoms in total. The zero-order valence-corrected chi connectivity index (χ0v) is 17.9. The minimum atomic E-state index is -0.559. The van der Waals surface area contributed by atoms with Crippen LogP contribution in [-0.2, 0) is 9.59 Å². The predicted octanol–water partition coefficient (Wildman–Crippen LogP) is 1.22. The molecule has 2 amide bonds. The molecule has 0 aromatic heterocycles. The monoisotopic (exact) mass is 405 g/mol. The van der Waals surface area contributed by atoms with Crippen LogP contribution in [0.25, 0.3) is 0 Å². The molecular formula is C21H32FN5O2. The third-order valence-electron chi connectivity index (χ3n) is 4.86. The second kappa shape index (κ2) is 9.35. The highest BCUT2D eigenvalue weighted by Crippen LogP contribution is 2.25. The number of carbonyl (C=O) groups is 2. The average Bonchev–Trinajstić information content (AvgIpc) is 2.99. The zero-order valence-electron chi connectivity index (χ0n) is 17.9. The Bertz CT molecular complexity index is 775. The van der Waals surface area contributed by atoms with Gasteiger partial charge < -0.3 is 20.9 Å². The van der Waals surface area contributed by atoms with Crippen molar-refractivity contribution in [2.75, 3.05) is 33.7 Å². The Balaban J connectivity index is 0.000000284. The first-order chi connectivity index (χ1) is 13.5. The lowest BCUT2D eigenvalue weighted by molar-refractivity contribution is -0.122. The highest BCUT2D eigenvalue weighted by Gasteiger charge is 2.42. The van der Waals surface area contributed by atoms with Crippen LogP contribution in [0, 0.1) is 11.2 Å². The van der Waals surface area contributed by atoms with Crippen LogP contribution in [0.1, 0.15) is 32.8 Å². The number of nitrogens with one attached hydrogen (secondary N) is 1. The quantitative estimate of drug-likeness (QED) is 0.791. The number of carbonyl (C=O) groups excluding carboxylic acids is 2. The number of amidine groups is 1. The van der Waals surface area contributed by atoms with Gasteiger partial charge in [-0.25, -0.2) is 4.39 Å². The summed E-state index contributed by atoms with van der Waals surface area (Å²) in [6.45, 7) is 8.51. The Kier molecular flexibility index (Phi) is 7.35. The fourth-order valence-electron chi connectivity index (χ4n) is 3.47. The molecular weight excluding hydrogens is 373 g/mol. The number of hydrogen-bond donors (Lipinski definition) is 2. The number of piperazine rings is 1. The number of primary amides is 1. The van der Waals surface area contributed by atoms with Gasteiger partial charge in [-0.05, 0) is 24.6 Å². The summed E-state index contributed by atoms with van der Waals surface area (Å²) in [6.07, 6.45) is 0.601. The largest absolute Gasteiger partial charge is 0.368 e. The van der Waals surface area contributed by atoms with Crippen LogP contribution in [0.2, 0.25) is 0 Å². The van der Waals surface area contributed by atoms with Crippen LogP contribution in [0.3, 0.4) is 0 Å². The van der Waals surface area contributed by atoms with Crippen molar-refractivity contribution in [3.63, 3.8) is 0 Å². The van der Waals surface area contributed by atoms with E-state index < -0.39 is 11.9 Å². The van der Waals surface area contributed by atoms with Crippen molar-refractivity contribution in [2.45, 2.75) is 39.3 Å². The summed E-state index contributed by atoms with van der Waals surface area (Å²) in [5.41, 5.74) is 6.26. The summed E-state index contributed by atoms with van der Waals surface area (Å²) < 4.78 is 13.4. The number of fused-ring (bicyclic) bond motifs is 1. The number of hydrogen-bond acceptors (Lipinski definition) is 5. The molecule has 2 aliphatic rings. The van der Waals surface area contributed by atoms with Gasteiger partial charge in [0, 0.05) is 38.7 Å². The molecule has 2 aliphatic heterocycles. The second-order valence-corrected chi connectivity index (χ2v) is 8.74. The maximum atomic E-state index is 13.4. The third kappa shape index (κ3) is 6.25. The Hall–Kier alpha value is -2.48. The molecule has 0 aliphatic carbocycles. The molecule has 3 rings (SSSR count). The number of amides is 2. The van der Waals surface area contributed by atoms with E-state index in [0.29, 0.717) is 17.8 Å². The Labute approximate surface area is 172 Å². The van der Waals surface area contributed by atoms with E-state index in [1.807, 2.05) is 27.8 Å². The fourth-order valence-corrected chi connectivity index (χ4v) is 3.47. The highest BCUT2D eigenvalue weighted by atomic mass is 19.1. The lowest BCUT2D eigenvalue weighted by Gasteiger charge is -2.38. The van der Waals surface area contributed by atoms with E-state index in [1.54, 1.807) is 19.2 Å². The van der Waals surface area contributed by atoms with Crippen molar-refractivity contribution in [3.05, 3.63) is 35.6 Å². The normalized spacial score (nSPS) is 21.6. The predicted molar refractivity (Wildman–Crippen MR) is 112 cm³/mol. The van der Waals surface area contributed by atoms with Crippen LogP contribution >= 0.6 is 0 Å². The fraction of sp³-hybridized carbons (Fsp3) is 0.571. The molecule has 2 atom stereocenters. The van der Waals surface area contributed by atoms with E-state index in [1.165, 1.54) is 12.1 Å². The van der Waals surface area contributed by atoms with Gasteiger partial charge in [0.2, 0.25) is 11.8 Å². The first-order valence-corrected chi connectivity index (χ1v) is 9.80. The van der Waals surface area contributed by atoms with Gasteiger partial charge in [-0.1, -0.05) is 32.9 Å². The van der Waals surface area contributed by atoms with Crippen LogP contribution < -0.4 is 11.1 Å². The molecule has 1 aromatic carbocycles. The number of rotatable bonds is 3. The van der Waals surface area contributed by atoms with Crippen molar-refractivity contribution in [3.8, 4) is 0 Å². The van der Waals surface area contributed by atoms with E-state index in [9.17, 15) is 14.0 Å². The lowest BCUT2D eigenvalue weighted by atomic mass is 9.92. The number of nitrogens with zero attached hydrogens (tertiary/aromatic N) is 3. The van der Waals surface area contributed by atoms with Gasteiger partial charge in [-0.15, -0.1) is 0 Å². The van der Waals surface area contributed by atoms with Crippen LogP contribution in [0.15, 0.2) is 29.3 Å². The van der Waals surface area contributed by atoms with E-state index >= 15 is 0 Å². The van der Waals surface area contributed by atoms with Crippen molar-refractivity contribution >= 4 is 17.6 Å². The number of nitrogens with two attached hydrogens (primary N) is 1. The van der Waals surface area contributed by atoms with Crippen molar-refractivity contribution < 1.29 is 14.0 Å². The minimum absolute atomic E-state index is 0.0514. The molecule has 1 fully saturated rings. The first kappa shape index (κ1) is 22.8. The van der Waals surface area contributed by atoms with E-state index in [0.717, 1.165) is 19.6 Å². The van der Waals surface area contributed by atoms with Crippen molar-refractivity contribution in [2.24, 2.45) is 16.1 Å². The molecule has 0 radical (unpaired) electrons. The minimum Gasteiger partial charge on any atom is -0.368 e. The zero-order chi connectivity index (χ0) is 21.8. The summed E-state index contributed by atoms with van der Waals surface area (Å²) in [6, 6.07) is 5.68. The molecule has 29 heavy (non-hydrogen) atoms. The summed E-state index contributed by atoms with van der Waals surface area (Å²) >= 11 is 0. The number of benzene rings is 1. The highest BCUT2D eigenvalue weighted by molar-refractivity contribution is 6.03. The number of aliphatic imine (C=N–C) groups is 1. The van der Waals surface area contributed by atoms with Gasteiger partial charge >= 0.3 is 0 Å². The molecule has 0 spiro atoms. The van der Waals surface area contributed by atoms with Crippen LogP contribution in [-0.4, -0.2) is 73.3 Å². The first-order valence-electron chi connectivity index (χ1n) is 9.80. The molecule has 160 valence electrons. The van der Waals surface area contributed by atoms with Crippen molar-refractivity contribution in [1.29, 1.82) is 0 Å². The molecule has 2 unspecified atom stereocenters. The smallest absolute Gasteiger partial charge is 0.244 e. The molecule has 2 heterocycles. The summed E-state index contributed by atoms with van der Waals surface area (Å²) in [5.74, 6) is 0.0500. The van der Waals surface area contributed by atoms with Gasteiger partial charge in [-0.3, -0.25) is 14.6 Å². The molecule has 1 aromatic rings. The SMILES string of the molecule is CN1CCN2C(c3cccc(F)c3)=NC(C(N)=O)C2C1.CNC(=O)CC(C)(C)C. The maximum absolute atomic E-state index is 13.4. The molecule has 0 bridgehead atoms. The Morgan fingerprint density at radius 3 is 2.52 bits per heavy atom. The van der Waals surface area contributed by atoms with Crippen molar-refractivity contribution in [1.82, 2.24) is 15.1 Å². The van der Waals surface area contributed by atoms with Gasteiger partial charge in [-0.2, -0.15) is 0 Å². The van der Waals surface area contributed by atoms with Gasteiger partial charge in [0.25, 0.3) is 0 Å². The van der Waals surface area contributed by atoms with Gasteiger partial charge in [0.05, 0.1) is 6.04 Å². The molecule has 1 saturated heterocycles. The Morgan fingerprint density at radius 2 is 2.00 bits per heavy atom. The number of likely N-dealkylation sites (N-methyl/N-ethyl adjacent to an activating group) is 1. The summed E-state index contributed by atoms with van der Waals surface area (Å²) in [5, 5.41) is 2.58.